The van der Waals surface area contributed by atoms with Crippen molar-refractivity contribution in [3.63, 3.8) is 0 Å². The molecule has 2 atom stereocenters. The van der Waals surface area contributed by atoms with Crippen molar-refractivity contribution in [2.24, 2.45) is 5.73 Å². The van der Waals surface area contributed by atoms with E-state index < -0.39 is 39.2 Å². The third-order valence-corrected chi connectivity index (χ3v) is 6.06. The second kappa shape index (κ2) is 7.97. The predicted molar refractivity (Wildman–Crippen MR) is 102 cm³/mol. The highest BCUT2D eigenvalue weighted by Crippen LogP contribution is 2.34. The summed E-state index contributed by atoms with van der Waals surface area (Å²) in [6, 6.07) is 7.54. The first kappa shape index (κ1) is 20.4. The Morgan fingerprint density at radius 1 is 1.11 bits per heavy atom. The van der Waals surface area contributed by atoms with Crippen LogP contribution in [0.2, 0.25) is 0 Å². The first-order chi connectivity index (χ1) is 13.2. The fourth-order valence-electron chi connectivity index (χ4n) is 3.47. The summed E-state index contributed by atoms with van der Waals surface area (Å²) in [5, 5.41) is 3.11. The molecule has 4 nitrogen and oxygen atoms in total. The molecule has 0 bridgehead atoms. The lowest BCUT2D eigenvalue weighted by atomic mass is 9.80. The van der Waals surface area contributed by atoms with Gasteiger partial charge in [0, 0.05) is 30.8 Å². The smallest absolute Gasteiger partial charge is 0.177 e. The van der Waals surface area contributed by atoms with Gasteiger partial charge in [0.15, 0.2) is 21.5 Å². The molecule has 0 heterocycles. The van der Waals surface area contributed by atoms with Crippen LogP contribution in [0.4, 0.5) is 18.9 Å². The van der Waals surface area contributed by atoms with Gasteiger partial charge in [0.25, 0.3) is 0 Å². The average molecular weight is 410 g/mol. The second-order valence-electron chi connectivity index (χ2n) is 6.98. The van der Waals surface area contributed by atoms with Crippen LogP contribution < -0.4 is 11.1 Å². The number of benzene rings is 2. The van der Waals surface area contributed by atoms with Crippen LogP contribution in [-0.4, -0.2) is 27.3 Å². The van der Waals surface area contributed by atoms with Crippen LogP contribution in [0.3, 0.4) is 0 Å². The van der Waals surface area contributed by atoms with Crippen LogP contribution in [-0.2, 0) is 9.84 Å². The molecule has 0 saturated heterocycles. The van der Waals surface area contributed by atoms with Crippen molar-refractivity contribution in [2.75, 3.05) is 18.1 Å². The predicted octanol–water partition coefficient (Wildman–Crippen LogP) is 3.75. The highest BCUT2D eigenvalue weighted by atomic mass is 32.2. The highest BCUT2D eigenvalue weighted by molar-refractivity contribution is 7.90. The number of hydrogen-bond acceptors (Lipinski definition) is 4. The maximum Gasteiger partial charge on any atom is 0.177 e. The maximum absolute atomic E-state index is 14.1. The lowest BCUT2D eigenvalue weighted by Crippen LogP contribution is -2.33. The van der Waals surface area contributed by atoms with Gasteiger partial charge in [-0.05, 0) is 36.6 Å². The Morgan fingerprint density at radius 3 is 2.46 bits per heavy atom. The Bertz CT molecular complexity index is 1020. The van der Waals surface area contributed by atoms with Crippen LogP contribution in [0, 0.1) is 17.5 Å². The summed E-state index contributed by atoms with van der Waals surface area (Å²) in [5.41, 5.74) is 7.68. The Balaban J connectivity index is 1.74. The minimum Gasteiger partial charge on any atom is -0.380 e. The van der Waals surface area contributed by atoms with Gasteiger partial charge in [-0.2, -0.15) is 0 Å². The van der Waals surface area contributed by atoms with Gasteiger partial charge in [0.1, 0.15) is 5.82 Å². The Morgan fingerprint density at radius 2 is 1.79 bits per heavy atom. The van der Waals surface area contributed by atoms with E-state index in [1.54, 1.807) is 18.2 Å². The SMILES string of the molecule is CS(=O)(=O)c1ccccc1NCC1=CC[C@H](c2cc(F)c(F)cc2F)[C@@H](N)C1. The number of anilines is 1. The summed E-state index contributed by atoms with van der Waals surface area (Å²) in [6.07, 6.45) is 3.83. The molecular formula is C20H21F3N2O2S. The first-order valence-corrected chi connectivity index (χ1v) is 10.7. The van der Waals surface area contributed by atoms with E-state index in [1.807, 2.05) is 6.08 Å². The van der Waals surface area contributed by atoms with Crippen LogP contribution >= 0.6 is 0 Å². The van der Waals surface area contributed by atoms with E-state index >= 15 is 0 Å². The van der Waals surface area contributed by atoms with Gasteiger partial charge in [0.05, 0.1) is 10.6 Å². The molecule has 0 fully saturated rings. The molecule has 0 amide bonds. The number of hydrogen-bond donors (Lipinski definition) is 2. The van der Waals surface area contributed by atoms with Crippen molar-refractivity contribution < 1.29 is 21.6 Å². The van der Waals surface area contributed by atoms with E-state index in [-0.39, 0.29) is 10.5 Å². The van der Waals surface area contributed by atoms with Crippen molar-refractivity contribution >= 4 is 15.5 Å². The van der Waals surface area contributed by atoms with Gasteiger partial charge in [-0.3, -0.25) is 0 Å². The number of rotatable bonds is 5. The molecule has 0 aliphatic heterocycles. The minimum atomic E-state index is -3.37. The Labute approximate surface area is 162 Å². The zero-order valence-corrected chi connectivity index (χ0v) is 16.1. The van der Waals surface area contributed by atoms with Gasteiger partial charge >= 0.3 is 0 Å². The zero-order chi connectivity index (χ0) is 20.5. The minimum absolute atomic E-state index is 0.0667. The molecule has 1 aliphatic rings. The van der Waals surface area contributed by atoms with Crippen LogP contribution in [0.25, 0.3) is 0 Å². The number of nitrogens with one attached hydrogen (secondary N) is 1. The Hall–Kier alpha value is -2.32. The summed E-state index contributed by atoms with van der Waals surface area (Å²) in [7, 11) is -3.37. The van der Waals surface area contributed by atoms with Crippen molar-refractivity contribution in [1.29, 1.82) is 0 Å². The highest BCUT2D eigenvalue weighted by Gasteiger charge is 2.27. The summed E-state index contributed by atoms with van der Waals surface area (Å²) >= 11 is 0. The second-order valence-corrected chi connectivity index (χ2v) is 8.97. The largest absolute Gasteiger partial charge is 0.380 e. The third-order valence-electron chi connectivity index (χ3n) is 4.91. The van der Waals surface area contributed by atoms with Crippen LogP contribution in [0.5, 0.6) is 0 Å². The number of nitrogens with two attached hydrogens (primary N) is 1. The van der Waals surface area contributed by atoms with Gasteiger partial charge in [0.2, 0.25) is 0 Å². The van der Waals surface area contributed by atoms with Crippen molar-refractivity contribution in [2.45, 2.75) is 29.7 Å². The lowest BCUT2D eigenvalue weighted by molar-refractivity contribution is 0.455. The zero-order valence-electron chi connectivity index (χ0n) is 15.3. The van der Waals surface area contributed by atoms with Crippen molar-refractivity contribution in [3.05, 3.63) is 71.1 Å². The normalized spacial score (nSPS) is 20.0. The molecule has 1 aliphatic carbocycles. The molecule has 3 rings (SSSR count). The molecule has 3 N–H and O–H groups in total. The van der Waals surface area contributed by atoms with Crippen LogP contribution in [0.1, 0.15) is 24.3 Å². The monoisotopic (exact) mass is 410 g/mol. The van der Waals surface area contributed by atoms with Gasteiger partial charge < -0.3 is 11.1 Å². The summed E-state index contributed by atoms with van der Waals surface area (Å²) < 4.78 is 64.5. The summed E-state index contributed by atoms with van der Waals surface area (Å²) in [6.45, 7) is 0.382. The number of para-hydroxylation sites is 1. The van der Waals surface area contributed by atoms with E-state index in [0.29, 0.717) is 31.1 Å². The van der Waals surface area contributed by atoms with Gasteiger partial charge in [-0.15, -0.1) is 0 Å². The van der Waals surface area contributed by atoms with Gasteiger partial charge in [-0.25, -0.2) is 21.6 Å². The Kier molecular flexibility index (Phi) is 5.81. The molecule has 2 aromatic rings. The first-order valence-electron chi connectivity index (χ1n) is 8.77. The van der Waals surface area contributed by atoms with Crippen LogP contribution in [0.15, 0.2) is 52.9 Å². The quantitative estimate of drug-likeness (QED) is 0.582. The fraction of sp³-hybridized carbons (Fsp3) is 0.300. The molecular weight excluding hydrogens is 389 g/mol. The maximum atomic E-state index is 14.1. The molecule has 0 aromatic heterocycles. The lowest BCUT2D eigenvalue weighted by Gasteiger charge is -2.29. The molecule has 28 heavy (non-hydrogen) atoms. The number of halogens is 3. The average Bonchev–Trinajstić information content (AvgIpc) is 2.63. The molecule has 0 unspecified atom stereocenters. The van der Waals surface area contributed by atoms with Crippen molar-refractivity contribution in [1.82, 2.24) is 0 Å². The standard InChI is InChI=1S/C20H21F3N2O2S/c1-28(26,27)20-5-3-2-4-19(20)25-11-12-6-7-13(18(24)8-12)14-9-16(22)17(23)10-15(14)21/h2-6,9-10,13,18,25H,7-8,11,24H2,1H3/t13-,18+/m1/s1. The van der Waals surface area contributed by atoms with Crippen molar-refractivity contribution in [3.8, 4) is 0 Å². The molecule has 2 aromatic carbocycles. The fourth-order valence-corrected chi connectivity index (χ4v) is 4.33. The molecule has 0 saturated carbocycles. The summed E-state index contributed by atoms with van der Waals surface area (Å²) in [5.74, 6) is -3.59. The number of allylic oxidation sites excluding steroid dienone is 1. The van der Waals surface area contributed by atoms with E-state index in [0.717, 1.165) is 17.9 Å². The van der Waals surface area contributed by atoms with E-state index in [9.17, 15) is 21.6 Å². The topological polar surface area (TPSA) is 72.2 Å². The molecule has 0 radical (unpaired) electrons. The van der Waals surface area contributed by atoms with Gasteiger partial charge in [-0.1, -0.05) is 23.8 Å². The van der Waals surface area contributed by atoms with E-state index in [4.69, 9.17) is 5.73 Å². The number of sulfone groups is 1. The summed E-state index contributed by atoms with van der Waals surface area (Å²) in [4.78, 5) is 0.206. The molecule has 8 heteroatoms. The molecule has 150 valence electrons. The van der Waals surface area contributed by atoms with E-state index in [1.165, 1.54) is 6.07 Å². The third kappa shape index (κ3) is 4.39. The van der Waals surface area contributed by atoms with E-state index in [2.05, 4.69) is 5.32 Å². The molecule has 0 spiro atoms.